The molecule has 0 radical (unpaired) electrons. The molecule has 0 heterocycles. The molecule has 1 amide bonds. The van der Waals surface area contributed by atoms with E-state index in [2.05, 4.69) is 11.9 Å². The lowest BCUT2D eigenvalue weighted by Gasteiger charge is -2.08. The third-order valence-corrected chi connectivity index (χ3v) is 2.80. The lowest BCUT2D eigenvalue weighted by atomic mass is 10.1. The summed E-state index contributed by atoms with van der Waals surface area (Å²) in [6.07, 6.45) is 3.33. The number of carbonyl (C=O) groups excluding carboxylic acids is 1. The summed E-state index contributed by atoms with van der Waals surface area (Å²) in [6, 6.07) is 2.02. The van der Waals surface area contributed by atoms with Crippen molar-refractivity contribution in [1.29, 1.82) is 5.26 Å². The second-order valence-electron chi connectivity index (χ2n) is 3.12. The molecule has 0 aromatic heterocycles. The molecule has 0 saturated heterocycles. The van der Waals surface area contributed by atoms with E-state index in [1.807, 2.05) is 19.1 Å². The van der Waals surface area contributed by atoms with E-state index in [1.165, 1.54) is 0 Å². The first-order valence-electron chi connectivity index (χ1n) is 5.12. The van der Waals surface area contributed by atoms with E-state index in [-0.39, 0.29) is 5.91 Å². The monoisotopic (exact) mass is 226 g/mol. The van der Waals surface area contributed by atoms with E-state index in [1.54, 1.807) is 11.8 Å². The lowest BCUT2D eigenvalue weighted by molar-refractivity contribution is -0.123. The zero-order valence-electron chi connectivity index (χ0n) is 9.16. The van der Waals surface area contributed by atoms with Crippen molar-refractivity contribution in [3.05, 3.63) is 12.7 Å². The number of nitrogens with zero attached hydrogens (tertiary/aromatic N) is 1. The maximum atomic E-state index is 11.4. The molecule has 0 aliphatic carbocycles. The quantitative estimate of drug-likeness (QED) is 0.508. The zero-order valence-corrected chi connectivity index (χ0v) is 9.98. The molecule has 0 aromatic rings. The summed E-state index contributed by atoms with van der Waals surface area (Å²) >= 11 is 1.71. The van der Waals surface area contributed by atoms with Crippen molar-refractivity contribution < 1.29 is 4.79 Å². The molecular weight excluding hydrogens is 208 g/mol. The highest BCUT2D eigenvalue weighted by atomic mass is 32.2. The maximum Gasteiger partial charge on any atom is 0.237 e. The largest absolute Gasteiger partial charge is 0.354 e. The van der Waals surface area contributed by atoms with Gasteiger partial charge in [-0.3, -0.25) is 4.79 Å². The number of hydrogen-bond donors (Lipinski definition) is 1. The Morgan fingerprint density at radius 2 is 2.47 bits per heavy atom. The Balaban J connectivity index is 3.63. The average Bonchev–Trinajstić information content (AvgIpc) is 2.25. The lowest BCUT2D eigenvalue weighted by Crippen LogP contribution is -2.31. The van der Waals surface area contributed by atoms with Crippen LogP contribution in [0.5, 0.6) is 0 Å². The van der Waals surface area contributed by atoms with Crippen LogP contribution >= 0.6 is 11.8 Å². The Morgan fingerprint density at radius 3 is 3.00 bits per heavy atom. The van der Waals surface area contributed by atoms with Gasteiger partial charge in [-0.15, -0.1) is 6.58 Å². The maximum absolute atomic E-state index is 11.4. The van der Waals surface area contributed by atoms with E-state index in [0.29, 0.717) is 13.0 Å². The number of rotatable bonds is 8. The van der Waals surface area contributed by atoms with Gasteiger partial charge in [-0.2, -0.15) is 17.0 Å². The van der Waals surface area contributed by atoms with E-state index in [9.17, 15) is 4.79 Å². The number of amides is 1. The van der Waals surface area contributed by atoms with Crippen LogP contribution < -0.4 is 5.32 Å². The van der Waals surface area contributed by atoms with Gasteiger partial charge in [-0.05, 0) is 6.42 Å². The molecule has 0 rings (SSSR count). The van der Waals surface area contributed by atoms with Gasteiger partial charge >= 0.3 is 0 Å². The highest BCUT2D eigenvalue weighted by Crippen LogP contribution is 2.04. The number of nitrogens with one attached hydrogen (secondary N) is 1. The Kier molecular flexibility index (Phi) is 8.99. The van der Waals surface area contributed by atoms with Crippen LogP contribution in [0, 0.1) is 17.2 Å². The molecule has 3 nitrogen and oxygen atoms in total. The Labute approximate surface area is 95.9 Å². The molecule has 0 aliphatic rings. The van der Waals surface area contributed by atoms with Gasteiger partial charge in [-0.1, -0.05) is 19.4 Å². The molecule has 1 unspecified atom stereocenters. The Morgan fingerprint density at radius 1 is 1.73 bits per heavy atom. The van der Waals surface area contributed by atoms with Gasteiger partial charge in [0.2, 0.25) is 5.91 Å². The zero-order chi connectivity index (χ0) is 11.5. The molecule has 84 valence electrons. The first-order valence-corrected chi connectivity index (χ1v) is 6.27. The van der Waals surface area contributed by atoms with Crippen molar-refractivity contribution in [3.8, 4) is 6.07 Å². The second-order valence-corrected chi connectivity index (χ2v) is 4.27. The van der Waals surface area contributed by atoms with Gasteiger partial charge < -0.3 is 5.32 Å². The van der Waals surface area contributed by atoms with Crippen LogP contribution in [-0.4, -0.2) is 24.0 Å². The van der Waals surface area contributed by atoms with Gasteiger partial charge in [0.1, 0.15) is 5.92 Å². The normalized spacial score (nSPS) is 11.5. The number of carbonyl (C=O) groups is 1. The van der Waals surface area contributed by atoms with Gasteiger partial charge in [0.05, 0.1) is 6.07 Å². The van der Waals surface area contributed by atoms with Crippen LogP contribution in [0.2, 0.25) is 0 Å². The minimum Gasteiger partial charge on any atom is -0.354 e. The van der Waals surface area contributed by atoms with Crippen LogP contribution in [0.15, 0.2) is 12.7 Å². The summed E-state index contributed by atoms with van der Waals surface area (Å²) in [5, 5.41) is 11.5. The van der Waals surface area contributed by atoms with Crippen LogP contribution in [0.1, 0.15) is 19.8 Å². The summed E-state index contributed by atoms with van der Waals surface area (Å²) in [4.78, 5) is 11.4. The summed E-state index contributed by atoms with van der Waals surface area (Å²) < 4.78 is 0. The van der Waals surface area contributed by atoms with Crippen molar-refractivity contribution in [2.45, 2.75) is 19.8 Å². The molecule has 0 bridgehead atoms. The topological polar surface area (TPSA) is 52.9 Å². The smallest absolute Gasteiger partial charge is 0.237 e. The fourth-order valence-electron chi connectivity index (χ4n) is 1.08. The van der Waals surface area contributed by atoms with E-state index in [4.69, 9.17) is 5.26 Å². The molecule has 0 aliphatic heterocycles. The first kappa shape index (κ1) is 14.1. The van der Waals surface area contributed by atoms with Crippen molar-refractivity contribution in [1.82, 2.24) is 5.32 Å². The molecule has 4 heteroatoms. The van der Waals surface area contributed by atoms with Gasteiger partial charge in [0.15, 0.2) is 0 Å². The molecule has 1 atom stereocenters. The van der Waals surface area contributed by atoms with Gasteiger partial charge in [0.25, 0.3) is 0 Å². The SMILES string of the molecule is C=CCSCCNC(=O)C(C#N)CCC. The van der Waals surface area contributed by atoms with Crippen molar-refractivity contribution >= 4 is 17.7 Å². The van der Waals surface area contributed by atoms with Gasteiger partial charge in [-0.25, -0.2) is 0 Å². The third kappa shape index (κ3) is 7.03. The molecule has 0 spiro atoms. The molecule has 15 heavy (non-hydrogen) atoms. The molecular formula is C11H18N2OS. The highest BCUT2D eigenvalue weighted by molar-refractivity contribution is 7.99. The van der Waals surface area contributed by atoms with Crippen LogP contribution in [0.4, 0.5) is 0 Å². The fourth-order valence-corrected chi connectivity index (χ4v) is 1.66. The van der Waals surface area contributed by atoms with E-state index >= 15 is 0 Å². The van der Waals surface area contributed by atoms with Crippen LogP contribution in [0.25, 0.3) is 0 Å². The fraction of sp³-hybridized carbons (Fsp3) is 0.636. The molecule has 0 fully saturated rings. The highest BCUT2D eigenvalue weighted by Gasteiger charge is 2.15. The second kappa shape index (κ2) is 9.60. The van der Waals surface area contributed by atoms with Crippen LogP contribution in [-0.2, 0) is 4.79 Å². The van der Waals surface area contributed by atoms with Crippen LogP contribution in [0.3, 0.4) is 0 Å². The van der Waals surface area contributed by atoms with E-state index in [0.717, 1.165) is 17.9 Å². The summed E-state index contributed by atoms with van der Waals surface area (Å²) in [6.45, 7) is 6.20. The number of nitriles is 1. The third-order valence-electron chi connectivity index (χ3n) is 1.83. The minimum absolute atomic E-state index is 0.140. The van der Waals surface area contributed by atoms with Crippen molar-refractivity contribution in [3.63, 3.8) is 0 Å². The predicted octanol–water partition coefficient (Wildman–Crippen LogP) is 1.96. The summed E-state index contributed by atoms with van der Waals surface area (Å²) in [5.41, 5.74) is 0. The number of hydrogen-bond acceptors (Lipinski definition) is 3. The Hall–Kier alpha value is -0.950. The summed E-state index contributed by atoms with van der Waals surface area (Å²) in [7, 11) is 0. The van der Waals surface area contributed by atoms with Gasteiger partial charge in [0, 0.05) is 18.1 Å². The first-order chi connectivity index (χ1) is 7.26. The van der Waals surface area contributed by atoms with E-state index < -0.39 is 5.92 Å². The standard InChI is InChI=1S/C11H18N2OS/c1-3-5-10(9-12)11(14)13-6-8-15-7-4-2/h4,10H,2-3,5-8H2,1H3,(H,13,14). The Bertz CT molecular complexity index is 235. The summed E-state index contributed by atoms with van der Waals surface area (Å²) in [5.74, 6) is 1.13. The molecule has 1 N–H and O–H groups in total. The minimum atomic E-state index is -0.487. The van der Waals surface area contributed by atoms with Crippen molar-refractivity contribution in [2.75, 3.05) is 18.1 Å². The predicted molar refractivity (Wildman–Crippen MR) is 64.5 cm³/mol. The van der Waals surface area contributed by atoms with Crippen molar-refractivity contribution in [2.24, 2.45) is 5.92 Å². The number of thioether (sulfide) groups is 1. The molecule has 0 saturated carbocycles. The average molecular weight is 226 g/mol. The molecule has 0 aromatic carbocycles.